The minimum atomic E-state index is -3.24. The molecule has 0 unspecified atom stereocenters. The fraction of sp³-hybridized carbons (Fsp3) is 0.130. The Balaban J connectivity index is 1.57. The van der Waals surface area contributed by atoms with E-state index in [-0.39, 0.29) is 17.2 Å². The number of benzene rings is 3. The maximum Gasteiger partial charge on any atom is 0.230 e. The van der Waals surface area contributed by atoms with Crippen molar-refractivity contribution in [1.29, 1.82) is 0 Å². The summed E-state index contributed by atoms with van der Waals surface area (Å²) < 4.78 is 25.1. The van der Waals surface area contributed by atoms with Crippen LogP contribution in [0.3, 0.4) is 0 Å². The summed E-state index contributed by atoms with van der Waals surface area (Å²) in [5.41, 5.74) is 2.63. The summed E-state index contributed by atoms with van der Waals surface area (Å²) in [7, 11) is -3.24. The van der Waals surface area contributed by atoms with E-state index in [1.54, 1.807) is 41.1 Å². The predicted molar refractivity (Wildman–Crippen MR) is 122 cm³/mol. The van der Waals surface area contributed by atoms with Crippen molar-refractivity contribution in [2.24, 2.45) is 0 Å². The van der Waals surface area contributed by atoms with Crippen molar-refractivity contribution < 1.29 is 13.2 Å². The topological polar surface area (TPSA) is 81.1 Å². The Kier molecular flexibility index (Phi) is 5.80. The number of sulfone groups is 1. The molecule has 31 heavy (non-hydrogen) atoms. The maximum atomic E-state index is 12.6. The molecule has 3 aromatic carbocycles. The summed E-state index contributed by atoms with van der Waals surface area (Å²) in [5.74, 6) is 0.317. The number of rotatable bonds is 6. The minimum absolute atomic E-state index is 0.171. The Hall–Kier alpha value is -3.16. The number of hydrogen-bond acceptors (Lipinski definition) is 4. The molecule has 0 aliphatic carbocycles. The van der Waals surface area contributed by atoms with Crippen molar-refractivity contribution in [2.75, 3.05) is 11.6 Å². The Morgan fingerprint density at radius 2 is 1.61 bits per heavy atom. The molecule has 1 aromatic heterocycles. The third kappa shape index (κ3) is 4.95. The standard InChI is InChI=1S/C23H20ClN3O3S/c1-31(29,30)19-12-8-17(9-13-19)15-27-21-5-3-2-4-20(21)23(26-27)25-22(28)14-16-6-10-18(24)11-7-16/h2-13H,14-15H2,1H3,(H,25,26,28). The van der Waals surface area contributed by atoms with Crippen LogP contribution in [0.4, 0.5) is 5.82 Å². The molecule has 6 nitrogen and oxygen atoms in total. The third-order valence-corrected chi connectivity index (χ3v) is 6.26. The number of fused-ring (bicyclic) bond motifs is 1. The average molecular weight is 454 g/mol. The minimum Gasteiger partial charge on any atom is -0.308 e. The Morgan fingerprint density at radius 1 is 0.968 bits per heavy atom. The largest absolute Gasteiger partial charge is 0.308 e. The molecule has 0 radical (unpaired) electrons. The zero-order chi connectivity index (χ0) is 22.0. The van der Waals surface area contributed by atoms with Crippen molar-refractivity contribution in [3.63, 3.8) is 0 Å². The number of anilines is 1. The Bertz CT molecular complexity index is 1350. The van der Waals surface area contributed by atoms with Gasteiger partial charge < -0.3 is 5.32 Å². The monoisotopic (exact) mass is 453 g/mol. The van der Waals surface area contributed by atoms with Crippen molar-refractivity contribution in [1.82, 2.24) is 9.78 Å². The van der Waals surface area contributed by atoms with Gasteiger partial charge in [-0.15, -0.1) is 0 Å². The Labute approximate surface area is 185 Å². The number of para-hydroxylation sites is 1. The Morgan fingerprint density at radius 3 is 2.29 bits per heavy atom. The molecule has 0 atom stereocenters. The SMILES string of the molecule is CS(=O)(=O)c1ccc(Cn2nc(NC(=O)Cc3ccc(Cl)cc3)c3ccccc32)cc1. The van der Waals surface area contributed by atoms with Gasteiger partial charge in [0, 0.05) is 16.7 Å². The first-order valence-corrected chi connectivity index (χ1v) is 11.9. The highest BCUT2D eigenvalue weighted by Gasteiger charge is 2.14. The lowest BCUT2D eigenvalue weighted by molar-refractivity contribution is -0.115. The third-order valence-electron chi connectivity index (χ3n) is 4.88. The van der Waals surface area contributed by atoms with Crippen molar-refractivity contribution in [2.45, 2.75) is 17.9 Å². The lowest BCUT2D eigenvalue weighted by Crippen LogP contribution is -2.15. The zero-order valence-electron chi connectivity index (χ0n) is 16.7. The summed E-state index contributed by atoms with van der Waals surface area (Å²) in [6.07, 6.45) is 1.40. The molecule has 0 spiro atoms. The molecule has 4 aromatic rings. The molecule has 4 rings (SSSR count). The highest BCUT2D eigenvalue weighted by Crippen LogP contribution is 2.24. The molecule has 0 saturated carbocycles. The first-order valence-electron chi connectivity index (χ1n) is 9.58. The van der Waals surface area contributed by atoms with Crippen LogP contribution < -0.4 is 5.32 Å². The van der Waals surface area contributed by atoms with E-state index in [0.717, 1.165) is 22.0 Å². The van der Waals surface area contributed by atoms with Gasteiger partial charge in [-0.05, 0) is 47.5 Å². The number of aromatic nitrogens is 2. The number of hydrogen-bond donors (Lipinski definition) is 1. The number of carbonyl (C=O) groups is 1. The van der Waals surface area contributed by atoms with Gasteiger partial charge in [0.05, 0.1) is 23.4 Å². The van der Waals surface area contributed by atoms with Crippen LogP contribution in [-0.4, -0.2) is 30.4 Å². The summed E-state index contributed by atoms with van der Waals surface area (Å²) in [5, 5.41) is 8.95. The van der Waals surface area contributed by atoms with E-state index in [2.05, 4.69) is 10.4 Å². The van der Waals surface area contributed by atoms with Crippen LogP contribution in [0.5, 0.6) is 0 Å². The molecule has 0 fully saturated rings. The fourth-order valence-corrected chi connectivity index (χ4v) is 4.08. The summed E-state index contributed by atoms with van der Waals surface area (Å²) in [4.78, 5) is 12.8. The normalized spacial score (nSPS) is 11.5. The summed E-state index contributed by atoms with van der Waals surface area (Å²) >= 11 is 5.90. The fourth-order valence-electron chi connectivity index (χ4n) is 3.32. The van der Waals surface area contributed by atoms with Crippen LogP contribution in [0, 0.1) is 0 Å². The van der Waals surface area contributed by atoms with Crippen LogP contribution in [0.15, 0.2) is 77.7 Å². The molecule has 1 heterocycles. The first-order chi connectivity index (χ1) is 14.8. The van der Waals surface area contributed by atoms with Gasteiger partial charge in [-0.1, -0.05) is 48.0 Å². The molecule has 0 bridgehead atoms. The summed E-state index contributed by atoms with van der Waals surface area (Å²) in [6, 6.07) is 21.5. The van der Waals surface area contributed by atoms with E-state index in [9.17, 15) is 13.2 Å². The molecule has 0 aliphatic heterocycles. The molecule has 0 aliphatic rings. The lowest BCUT2D eigenvalue weighted by Gasteiger charge is -2.05. The molecular formula is C23H20ClN3O3S. The van der Waals surface area contributed by atoms with Gasteiger partial charge in [0.1, 0.15) is 0 Å². The van der Waals surface area contributed by atoms with Crippen molar-refractivity contribution in [3.8, 4) is 0 Å². The molecule has 158 valence electrons. The molecular weight excluding hydrogens is 434 g/mol. The van der Waals surface area contributed by atoms with E-state index in [0.29, 0.717) is 17.4 Å². The van der Waals surface area contributed by atoms with E-state index in [1.165, 1.54) is 6.26 Å². The van der Waals surface area contributed by atoms with Crippen LogP contribution in [0.1, 0.15) is 11.1 Å². The maximum absolute atomic E-state index is 12.6. The highest BCUT2D eigenvalue weighted by atomic mass is 35.5. The van der Waals surface area contributed by atoms with Gasteiger partial charge in [0.2, 0.25) is 5.91 Å². The first kappa shape index (κ1) is 21.1. The van der Waals surface area contributed by atoms with E-state index >= 15 is 0 Å². The van der Waals surface area contributed by atoms with Crippen molar-refractivity contribution >= 4 is 44.1 Å². The smallest absolute Gasteiger partial charge is 0.230 e. The molecule has 1 amide bonds. The second-order valence-electron chi connectivity index (χ2n) is 7.29. The van der Waals surface area contributed by atoms with Gasteiger partial charge >= 0.3 is 0 Å². The van der Waals surface area contributed by atoms with E-state index in [4.69, 9.17) is 11.6 Å². The van der Waals surface area contributed by atoms with Gasteiger partial charge in [0.15, 0.2) is 15.7 Å². The number of amides is 1. The van der Waals surface area contributed by atoms with Gasteiger partial charge in [-0.2, -0.15) is 5.10 Å². The zero-order valence-corrected chi connectivity index (χ0v) is 18.3. The number of carbonyl (C=O) groups excluding carboxylic acids is 1. The number of nitrogens with one attached hydrogen (secondary N) is 1. The van der Waals surface area contributed by atoms with Gasteiger partial charge in [-0.25, -0.2) is 8.42 Å². The molecule has 8 heteroatoms. The number of nitrogens with zero attached hydrogens (tertiary/aromatic N) is 2. The van der Waals surface area contributed by atoms with Crippen LogP contribution >= 0.6 is 11.6 Å². The summed E-state index contributed by atoms with van der Waals surface area (Å²) in [6.45, 7) is 0.442. The van der Waals surface area contributed by atoms with Gasteiger partial charge in [0.25, 0.3) is 0 Å². The number of halogens is 1. The second kappa shape index (κ2) is 8.53. The quantitative estimate of drug-likeness (QED) is 0.471. The molecule has 1 N–H and O–H groups in total. The van der Waals surface area contributed by atoms with E-state index in [1.807, 2.05) is 36.4 Å². The van der Waals surface area contributed by atoms with Crippen LogP contribution in [0.25, 0.3) is 10.9 Å². The average Bonchev–Trinajstić information content (AvgIpc) is 3.07. The highest BCUT2D eigenvalue weighted by molar-refractivity contribution is 7.90. The van der Waals surface area contributed by atoms with Crippen molar-refractivity contribution in [3.05, 3.63) is 88.9 Å². The second-order valence-corrected chi connectivity index (χ2v) is 9.74. The van der Waals surface area contributed by atoms with E-state index < -0.39 is 9.84 Å². The lowest BCUT2D eigenvalue weighted by atomic mass is 10.1. The predicted octanol–water partition coefficient (Wildman–Crippen LogP) is 4.32. The van der Waals surface area contributed by atoms with Gasteiger partial charge in [-0.3, -0.25) is 9.48 Å². The molecule has 0 saturated heterocycles. The van der Waals surface area contributed by atoms with Crippen LogP contribution in [0.2, 0.25) is 5.02 Å². The van der Waals surface area contributed by atoms with Crippen LogP contribution in [-0.2, 0) is 27.6 Å².